The molecular weight excluding hydrogens is 171 g/mol. The van der Waals surface area contributed by atoms with Crippen molar-refractivity contribution in [3.63, 3.8) is 0 Å². The normalized spacial score (nSPS) is 13.2. The van der Waals surface area contributed by atoms with Crippen molar-refractivity contribution >= 4 is 20.7 Å². The Hall–Kier alpha value is 0.149. The Morgan fingerprint density at radius 3 is 2.50 bits per heavy atom. The third kappa shape index (κ3) is 3.19. The van der Waals surface area contributed by atoms with Crippen LogP contribution in [0.1, 0.15) is 19.8 Å². The van der Waals surface area contributed by atoms with Crippen LogP contribution >= 0.6 is 0 Å². The monoisotopic (exact) mass is 181 g/mol. The number of carbonyl (C=O) groups is 1. The molecule has 1 atom stereocenters. The molecule has 0 aliphatic carbocycles. The average molecular weight is 180 g/mol. The molecule has 0 rings (SSSR count). The van der Waals surface area contributed by atoms with Gasteiger partial charge < -0.3 is 0 Å². The zero-order valence-electron chi connectivity index (χ0n) is 4.76. The Morgan fingerprint density at radius 1 is 1.88 bits per heavy atom. The molecule has 8 heavy (non-hydrogen) atoms. The van der Waals surface area contributed by atoms with Crippen LogP contribution in [-0.2, 0) is 4.79 Å². The second-order valence-electron chi connectivity index (χ2n) is 1.62. The third-order valence-electron chi connectivity index (χ3n) is 0.834. The number of aliphatic hydroxyl groups excluding tert-OH is 1. The van der Waals surface area contributed by atoms with Crippen LogP contribution in [0, 0.1) is 0 Å². The molecule has 0 aliphatic heterocycles. The average Bonchev–Trinajstić information content (AvgIpc) is 1.67. The van der Waals surface area contributed by atoms with Crippen molar-refractivity contribution in [1.82, 2.24) is 0 Å². The fraction of sp³-hybridized carbons (Fsp3) is 0.800. The number of aliphatic hydroxyl groups is 1. The van der Waals surface area contributed by atoms with E-state index >= 15 is 0 Å². The van der Waals surface area contributed by atoms with E-state index in [4.69, 9.17) is 5.11 Å². The molecule has 0 aliphatic rings. The van der Waals surface area contributed by atoms with Crippen molar-refractivity contribution in [1.29, 1.82) is 0 Å². The van der Waals surface area contributed by atoms with Gasteiger partial charge in [-0.3, -0.25) is 0 Å². The van der Waals surface area contributed by atoms with Gasteiger partial charge in [0.2, 0.25) is 0 Å². The first-order valence-corrected chi connectivity index (χ1v) is 3.43. The number of rotatable bonds is 3. The molecule has 0 heterocycles. The third-order valence-corrected chi connectivity index (χ3v) is 1.41. The predicted molar refractivity (Wildman–Crippen MR) is 31.7 cm³/mol. The molecule has 0 aromatic heterocycles. The van der Waals surface area contributed by atoms with Crippen LogP contribution in [0.2, 0.25) is 0 Å². The van der Waals surface area contributed by atoms with Gasteiger partial charge in [0, 0.05) is 0 Å². The Bertz CT molecular complexity index is 82.5. The van der Waals surface area contributed by atoms with E-state index in [9.17, 15) is 4.79 Å². The summed E-state index contributed by atoms with van der Waals surface area (Å²) in [6.45, 7) is 1.92. The van der Waals surface area contributed by atoms with Gasteiger partial charge in [-0.2, -0.15) is 0 Å². The summed E-state index contributed by atoms with van der Waals surface area (Å²) in [7, 11) is 0. The first-order valence-electron chi connectivity index (χ1n) is 2.57. The van der Waals surface area contributed by atoms with Crippen LogP contribution < -0.4 is 0 Å². The molecule has 0 aromatic rings. The summed E-state index contributed by atoms with van der Waals surface area (Å²) >= 11 is 2.24. The van der Waals surface area contributed by atoms with Crippen LogP contribution in [0.3, 0.4) is 0 Å². The predicted octanol–water partition coefficient (Wildman–Crippen LogP) is -0.158. The van der Waals surface area contributed by atoms with E-state index in [1.54, 1.807) is 0 Å². The summed E-state index contributed by atoms with van der Waals surface area (Å²) in [5.74, 6) is 0. The van der Waals surface area contributed by atoms with Crippen LogP contribution in [0.25, 0.3) is 0 Å². The Labute approximate surface area is 57.1 Å². The molecule has 3 heteroatoms. The molecule has 0 amide bonds. The summed E-state index contributed by atoms with van der Waals surface area (Å²) in [5, 5.41) is 8.75. The number of carbonyl (C=O) groups excluding carboxylic acids is 1. The Balaban J connectivity index is 3.32. The maximum absolute atomic E-state index is 10.2. The van der Waals surface area contributed by atoms with E-state index in [0.717, 1.165) is 6.42 Å². The van der Waals surface area contributed by atoms with Gasteiger partial charge >= 0.3 is 56.5 Å². The fourth-order valence-electron chi connectivity index (χ4n) is 0.391. The van der Waals surface area contributed by atoms with Crippen molar-refractivity contribution in [3.8, 4) is 0 Å². The van der Waals surface area contributed by atoms with E-state index < -0.39 is 6.10 Å². The van der Waals surface area contributed by atoms with Crippen molar-refractivity contribution in [3.05, 3.63) is 0 Å². The summed E-state index contributed by atoms with van der Waals surface area (Å²) in [6.07, 6.45) is 0.625. The van der Waals surface area contributed by atoms with Gasteiger partial charge in [0.15, 0.2) is 0 Å². The number of hydrogen-bond acceptors (Lipinski definition) is 2. The molecule has 0 bridgehead atoms. The molecule has 0 unspecified atom stereocenters. The quantitative estimate of drug-likeness (QED) is 0.613. The van der Waals surface area contributed by atoms with Gasteiger partial charge in [0.05, 0.1) is 0 Å². The molecule has 0 spiro atoms. The zero-order chi connectivity index (χ0) is 6.57. The minimum absolute atomic E-state index is 0.258. The van der Waals surface area contributed by atoms with Crippen LogP contribution in [0.15, 0.2) is 0 Å². The second kappa shape index (κ2) is 4.07. The molecule has 0 aromatic carbocycles. The standard InChI is InChI=1S/C5H9O2Se/c1-2-3-4(6)5(7)8/h4,6H,2-3H2,1H3/t4-/m0/s1. The van der Waals surface area contributed by atoms with Gasteiger partial charge in [-0.1, -0.05) is 0 Å². The van der Waals surface area contributed by atoms with Gasteiger partial charge in [-0.25, -0.2) is 0 Å². The van der Waals surface area contributed by atoms with Crippen molar-refractivity contribution < 1.29 is 9.90 Å². The zero-order valence-corrected chi connectivity index (χ0v) is 6.47. The van der Waals surface area contributed by atoms with E-state index in [2.05, 4.69) is 16.0 Å². The first-order chi connectivity index (χ1) is 3.68. The van der Waals surface area contributed by atoms with E-state index in [0.29, 0.717) is 6.42 Å². The molecular formula is C5H9O2Se. The van der Waals surface area contributed by atoms with E-state index in [1.165, 1.54) is 0 Å². The van der Waals surface area contributed by atoms with Crippen molar-refractivity contribution in [2.75, 3.05) is 0 Å². The SMILES string of the molecule is CCC[C@H](O)C(=O)[Se]. The van der Waals surface area contributed by atoms with Gasteiger partial charge in [-0.05, 0) is 0 Å². The molecule has 2 nitrogen and oxygen atoms in total. The molecule has 1 N–H and O–H groups in total. The minimum atomic E-state index is -0.778. The van der Waals surface area contributed by atoms with Crippen molar-refractivity contribution in [2.45, 2.75) is 25.9 Å². The summed E-state index contributed by atoms with van der Waals surface area (Å²) in [6, 6.07) is 0. The Kier molecular flexibility index (Phi) is 4.15. The number of hydrogen-bond donors (Lipinski definition) is 1. The summed E-state index contributed by atoms with van der Waals surface area (Å²) in [5.41, 5.74) is 0. The maximum atomic E-state index is 10.2. The Morgan fingerprint density at radius 2 is 2.38 bits per heavy atom. The van der Waals surface area contributed by atoms with E-state index in [1.807, 2.05) is 6.92 Å². The molecule has 0 saturated heterocycles. The molecule has 0 fully saturated rings. The summed E-state index contributed by atoms with van der Waals surface area (Å²) in [4.78, 5) is 10.2. The van der Waals surface area contributed by atoms with Crippen LogP contribution in [0.5, 0.6) is 0 Å². The molecule has 47 valence electrons. The summed E-state index contributed by atoms with van der Waals surface area (Å²) < 4.78 is -0.258. The second-order valence-corrected chi connectivity index (χ2v) is 2.47. The van der Waals surface area contributed by atoms with Gasteiger partial charge in [0.25, 0.3) is 0 Å². The van der Waals surface area contributed by atoms with Crippen LogP contribution in [-0.4, -0.2) is 31.9 Å². The topological polar surface area (TPSA) is 37.3 Å². The molecule has 0 saturated carbocycles. The first kappa shape index (κ1) is 8.15. The molecule has 1 radical (unpaired) electrons. The van der Waals surface area contributed by atoms with Crippen LogP contribution in [0.4, 0.5) is 0 Å². The fourth-order valence-corrected chi connectivity index (χ4v) is 0.639. The van der Waals surface area contributed by atoms with E-state index in [-0.39, 0.29) is 4.68 Å². The van der Waals surface area contributed by atoms with Crippen molar-refractivity contribution in [2.24, 2.45) is 0 Å². The van der Waals surface area contributed by atoms with Gasteiger partial charge in [-0.15, -0.1) is 0 Å². The van der Waals surface area contributed by atoms with Gasteiger partial charge in [0.1, 0.15) is 0 Å².